The first kappa shape index (κ1) is 14.0. The highest BCUT2D eigenvalue weighted by molar-refractivity contribution is 9.10. The molecule has 0 saturated carbocycles. The van der Waals surface area contributed by atoms with E-state index in [1.165, 1.54) is 0 Å². The molecule has 19 heavy (non-hydrogen) atoms. The van der Waals surface area contributed by atoms with Crippen LogP contribution in [0.2, 0.25) is 5.28 Å². The van der Waals surface area contributed by atoms with Crippen LogP contribution in [-0.2, 0) is 6.54 Å². The number of rotatable bonds is 5. The Labute approximate surface area is 125 Å². The van der Waals surface area contributed by atoms with Crippen LogP contribution in [0.25, 0.3) is 0 Å². The maximum absolute atomic E-state index is 5.84. The Morgan fingerprint density at radius 1 is 1.16 bits per heavy atom. The summed E-state index contributed by atoms with van der Waals surface area (Å²) >= 11 is 9.27. The maximum atomic E-state index is 5.84. The van der Waals surface area contributed by atoms with Crippen molar-refractivity contribution in [2.24, 2.45) is 0 Å². The number of anilines is 2. The first-order valence-electron chi connectivity index (χ1n) is 5.81. The van der Waals surface area contributed by atoms with Gasteiger partial charge in [0.25, 0.3) is 0 Å². The molecule has 7 heteroatoms. The van der Waals surface area contributed by atoms with Crippen LogP contribution < -0.4 is 10.6 Å². The predicted octanol–water partition coefficient (Wildman–Crippen LogP) is 3.33. The molecule has 1 heterocycles. The van der Waals surface area contributed by atoms with Gasteiger partial charge in [0.2, 0.25) is 17.2 Å². The van der Waals surface area contributed by atoms with Crippen molar-refractivity contribution >= 4 is 39.4 Å². The molecule has 0 radical (unpaired) electrons. The lowest BCUT2D eigenvalue weighted by Gasteiger charge is -2.07. The zero-order valence-electron chi connectivity index (χ0n) is 10.3. The third kappa shape index (κ3) is 4.33. The van der Waals surface area contributed by atoms with Crippen molar-refractivity contribution in [2.75, 3.05) is 17.2 Å². The molecule has 2 N–H and O–H groups in total. The summed E-state index contributed by atoms with van der Waals surface area (Å²) in [5.74, 6) is 0.926. The third-order valence-electron chi connectivity index (χ3n) is 2.28. The number of halogens is 2. The predicted molar refractivity (Wildman–Crippen MR) is 80.5 cm³/mol. The van der Waals surface area contributed by atoms with Crippen LogP contribution in [0.15, 0.2) is 28.7 Å². The number of benzene rings is 1. The van der Waals surface area contributed by atoms with Crippen LogP contribution in [0.3, 0.4) is 0 Å². The fraction of sp³-hybridized carbons (Fsp3) is 0.250. The van der Waals surface area contributed by atoms with Gasteiger partial charge in [-0.25, -0.2) is 0 Å². The fourth-order valence-electron chi connectivity index (χ4n) is 1.49. The summed E-state index contributed by atoms with van der Waals surface area (Å²) in [5, 5.41) is 6.29. The van der Waals surface area contributed by atoms with Crippen molar-refractivity contribution in [2.45, 2.75) is 13.5 Å². The van der Waals surface area contributed by atoms with Crippen LogP contribution in [0.1, 0.15) is 12.5 Å². The normalized spacial score (nSPS) is 10.3. The van der Waals surface area contributed by atoms with Crippen LogP contribution in [0.4, 0.5) is 11.9 Å². The van der Waals surface area contributed by atoms with Gasteiger partial charge in [0.05, 0.1) is 0 Å². The monoisotopic (exact) mass is 341 g/mol. The Hall–Kier alpha value is -1.40. The Bertz CT molecular complexity index is 564. The molecule has 0 aliphatic carbocycles. The first-order valence-corrected chi connectivity index (χ1v) is 6.98. The van der Waals surface area contributed by atoms with Crippen molar-refractivity contribution in [1.82, 2.24) is 15.0 Å². The molecule has 5 nitrogen and oxygen atoms in total. The van der Waals surface area contributed by atoms with E-state index in [-0.39, 0.29) is 5.28 Å². The summed E-state index contributed by atoms with van der Waals surface area (Å²) in [7, 11) is 0. The van der Waals surface area contributed by atoms with Gasteiger partial charge in [-0.05, 0) is 36.2 Å². The van der Waals surface area contributed by atoms with E-state index in [2.05, 4.69) is 41.5 Å². The van der Waals surface area contributed by atoms with E-state index in [1.54, 1.807) is 0 Å². The van der Waals surface area contributed by atoms with E-state index in [0.717, 1.165) is 16.6 Å². The zero-order valence-corrected chi connectivity index (χ0v) is 12.7. The molecule has 0 aliphatic rings. The highest BCUT2D eigenvalue weighted by atomic mass is 79.9. The molecule has 0 amide bonds. The lowest BCUT2D eigenvalue weighted by molar-refractivity contribution is 0.987. The van der Waals surface area contributed by atoms with Gasteiger partial charge in [-0.1, -0.05) is 28.1 Å². The Morgan fingerprint density at radius 2 is 1.89 bits per heavy atom. The van der Waals surface area contributed by atoms with Gasteiger partial charge in [-0.3, -0.25) is 0 Å². The molecule has 2 aromatic rings. The molecule has 0 unspecified atom stereocenters. The van der Waals surface area contributed by atoms with Crippen LogP contribution in [-0.4, -0.2) is 21.5 Å². The highest BCUT2D eigenvalue weighted by Crippen LogP contribution is 2.14. The van der Waals surface area contributed by atoms with E-state index >= 15 is 0 Å². The SMILES string of the molecule is CCNc1nc(Cl)nc(NCc2cccc(Br)c2)n1. The highest BCUT2D eigenvalue weighted by Gasteiger charge is 2.04. The number of nitrogens with zero attached hydrogens (tertiary/aromatic N) is 3. The van der Waals surface area contributed by atoms with E-state index in [1.807, 2.05) is 31.2 Å². The second-order valence-corrected chi connectivity index (χ2v) is 5.02. The van der Waals surface area contributed by atoms with Gasteiger partial charge in [-0.2, -0.15) is 15.0 Å². The molecule has 1 aromatic heterocycles. The van der Waals surface area contributed by atoms with Crippen molar-refractivity contribution in [3.63, 3.8) is 0 Å². The van der Waals surface area contributed by atoms with E-state index in [4.69, 9.17) is 11.6 Å². The Balaban J connectivity index is 2.06. The van der Waals surface area contributed by atoms with Gasteiger partial charge in [0.15, 0.2) is 0 Å². The van der Waals surface area contributed by atoms with Gasteiger partial charge < -0.3 is 10.6 Å². The summed E-state index contributed by atoms with van der Waals surface area (Å²) < 4.78 is 1.04. The summed E-state index contributed by atoms with van der Waals surface area (Å²) in [6, 6.07) is 8.00. The number of nitrogens with one attached hydrogen (secondary N) is 2. The van der Waals surface area contributed by atoms with Crippen molar-refractivity contribution in [3.8, 4) is 0 Å². The summed E-state index contributed by atoms with van der Waals surface area (Å²) in [6.07, 6.45) is 0. The largest absolute Gasteiger partial charge is 0.354 e. The second-order valence-electron chi connectivity index (χ2n) is 3.77. The van der Waals surface area contributed by atoms with Gasteiger partial charge in [0.1, 0.15) is 0 Å². The van der Waals surface area contributed by atoms with Gasteiger partial charge in [0, 0.05) is 17.6 Å². The van der Waals surface area contributed by atoms with Crippen molar-refractivity contribution in [1.29, 1.82) is 0 Å². The molecule has 0 spiro atoms. The minimum absolute atomic E-state index is 0.169. The molecular formula is C12H13BrClN5. The van der Waals surface area contributed by atoms with Crippen LogP contribution >= 0.6 is 27.5 Å². The molecule has 100 valence electrons. The molecule has 0 saturated heterocycles. The molecule has 2 rings (SSSR count). The number of hydrogen-bond acceptors (Lipinski definition) is 5. The fourth-order valence-corrected chi connectivity index (χ4v) is 2.10. The lowest BCUT2D eigenvalue weighted by atomic mass is 10.2. The average molecular weight is 343 g/mol. The summed E-state index contributed by atoms with van der Waals surface area (Å²) in [6.45, 7) is 3.31. The molecule has 0 aliphatic heterocycles. The van der Waals surface area contributed by atoms with Gasteiger partial charge >= 0.3 is 0 Å². The standard InChI is InChI=1S/C12H13BrClN5/c1-2-15-11-17-10(14)18-12(19-11)16-7-8-4-3-5-9(13)6-8/h3-6H,2,7H2,1H3,(H2,15,16,17,18,19). The van der Waals surface area contributed by atoms with Gasteiger partial charge in [-0.15, -0.1) is 0 Å². The smallest absolute Gasteiger partial charge is 0.229 e. The summed E-state index contributed by atoms with van der Waals surface area (Å²) in [4.78, 5) is 12.2. The van der Waals surface area contributed by atoms with Crippen LogP contribution in [0, 0.1) is 0 Å². The van der Waals surface area contributed by atoms with E-state index in [9.17, 15) is 0 Å². The number of aromatic nitrogens is 3. The Morgan fingerprint density at radius 3 is 2.58 bits per heavy atom. The van der Waals surface area contributed by atoms with E-state index < -0.39 is 0 Å². The zero-order chi connectivity index (χ0) is 13.7. The Kier molecular flexibility index (Phi) is 4.93. The topological polar surface area (TPSA) is 62.7 Å². The lowest BCUT2D eigenvalue weighted by Crippen LogP contribution is -2.08. The van der Waals surface area contributed by atoms with Crippen molar-refractivity contribution < 1.29 is 0 Å². The second kappa shape index (κ2) is 6.68. The minimum atomic E-state index is 0.169. The molecule has 1 aromatic carbocycles. The summed E-state index contributed by atoms with van der Waals surface area (Å²) in [5.41, 5.74) is 1.12. The number of hydrogen-bond donors (Lipinski definition) is 2. The molecule has 0 fully saturated rings. The molecular weight excluding hydrogens is 330 g/mol. The quantitative estimate of drug-likeness (QED) is 0.872. The first-order chi connectivity index (χ1) is 9.17. The average Bonchev–Trinajstić information content (AvgIpc) is 2.36. The van der Waals surface area contributed by atoms with Crippen LogP contribution in [0.5, 0.6) is 0 Å². The van der Waals surface area contributed by atoms with Crippen molar-refractivity contribution in [3.05, 3.63) is 39.6 Å². The molecule has 0 bridgehead atoms. The minimum Gasteiger partial charge on any atom is -0.354 e. The third-order valence-corrected chi connectivity index (χ3v) is 2.94. The van der Waals surface area contributed by atoms with E-state index in [0.29, 0.717) is 18.4 Å². The maximum Gasteiger partial charge on any atom is 0.229 e. The molecule has 0 atom stereocenters.